The zero-order valence-corrected chi connectivity index (χ0v) is 19.3. The Kier molecular flexibility index (Phi) is 6.69. The summed E-state index contributed by atoms with van der Waals surface area (Å²) in [5.41, 5.74) is 1.75. The number of hydrogen-bond acceptors (Lipinski definition) is 5. The molecule has 4 rings (SSSR count). The Balaban J connectivity index is 1.47. The van der Waals surface area contributed by atoms with Crippen molar-refractivity contribution < 1.29 is 32.5 Å². The van der Waals surface area contributed by atoms with Gasteiger partial charge in [0.15, 0.2) is 0 Å². The molecule has 2 aromatic carbocycles. The maximum atomic E-state index is 12.7. The van der Waals surface area contributed by atoms with E-state index in [1.807, 2.05) is 12.1 Å². The summed E-state index contributed by atoms with van der Waals surface area (Å²) in [4.78, 5) is 23.0. The number of imidazole rings is 1. The van der Waals surface area contributed by atoms with Crippen molar-refractivity contribution in [2.75, 3.05) is 6.61 Å². The summed E-state index contributed by atoms with van der Waals surface area (Å²) in [6.45, 7) is 3.21. The highest BCUT2D eigenvalue weighted by molar-refractivity contribution is 5.74. The van der Waals surface area contributed by atoms with Gasteiger partial charge in [-0.2, -0.15) is 0 Å². The second-order valence-electron chi connectivity index (χ2n) is 8.62. The molecule has 7 nitrogen and oxygen atoms in total. The number of carbonyl (C=O) groups is 1. The molecule has 10 heteroatoms. The summed E-state index contributed by atoms with van der Waals surface area (Å²) < 4.78 is 47.9. The topological polar surface area (TPSA) is 97.3 Å². The predicted octanol–water partition coefficient (Wildman–Crippen LogP) is 6.19. The normalized spacial score (nSPS) is 11.8. The van der Waals surface area contributed by atoms with E-state index in [9.17, 15) is 23.1 Å². The number of para-hydroxylation sites is 1. The third-order valence-corrected chi connectivity index (χ3v) is 5.34. The van der Waals surface area contributed by atoms with Gasteiger partial charge < -0.3 is 19.6 Å². The molecule has 0 spiro atoms. The Morgan fingerprint density at radius 3 is 2.28 bits per heavy atom. The fraction of sp³-hybridized carbons (Fsp3) is 0.192. The molecule has 0 saturated carbocycles. The zero-order chi connectivity index (χ0) is 25.9. The zero-order valence-electron chi connectivity index (χ0n) is 19.3. The summed E-state index contributed by atoms with van der Waals surface area (Å²) in [5.74, 6) is -0.281. The van der Waals surface area contributed by atoms with Crippen LogP contribution in [0.25, 0.3) is 33.9 Å². The number of ether oxygens (including phenoxy) is 2. The molecule has 0 amide bonds. The number of aliphatic carboxylic acids is 1. The van der Waals surface area contributed by atoms with Crippen LogP contribution in [-0.4, -0.2) is 39.0 Å². The highest BCUT2D eigenvalue weighted by Gasteiger charge is 2.32. The fourth-order valence-electron chi connectivity index (χ4n) is 3.26. The van der Waals surface area contributed by atoms with Gasteiger partial charge in [0.2, 0.25) is 0 Å². The van der Waals surface area contributed by atoms with E-state index in [1.54, 1.807) is 50.4 Å². The van der Waals surface area contributed by atoms with Crippen LogP contribution in [0.2, 0.25) is 0 Å². The Morgan fingerprint density at radius 2 is 1.64 bits per heavy atom. The lowest BCUT2D eigenvalue weighted by atomic mass is 9.95. The van der Waals surface area contributed by atoms with Crippen molar-refractivity contribution in [2.24, 2.45) is 5.41 Å². The molecule has 2 heterocycles. The molecule has 0 aliphatic heterocycles. The Labute approximate surface area is 204 Å². The summed E-state index contributed by atoms with van der Waals surface area (Å²) in [7, 11) is 0. The number of aromatic amines is 1. The van der Waals surface area contributed by atoms with Gasteiger partial charge in [0, 0.05) is 22.9 Å². The molecule has 0 unspecified atom stereocenters. The first kappa shape index (κ1) is 24.8. The maximum Gasteiger partial charge on any atom is 0.573 e. The van der Waals surface area contributed by atoms with Gasteiger partial charge in [-0.05, 0) is 62.4 Å². The first-order chi connectivity index (χ1) is 17.0. The predicted molar refractivity (Wildman–Crippen MR) is 126 cm³/mol. The molecule has 36 heavy (non-hydrogen) atoms. The van der Waals surface area contributed by atoms with Crippen LogP contribution in [-0.2, 0) is 4.79 Å². The molecule has 0 fully saturated rings. The fourth-order valence-corrected chi connectivity index (χ4v) is 3.26. The van der Waals surface area contributed by atoms with Crippen molar-refractivity contribution in [1.82, 2.24) is 15.0 Å². The summed E-state index contributed by atoms with van der Waals surface area (Å²) in [5, 5.41) is 9.19. The number of aromatic nitrogens is 3. The number of H-pyrrole nitrogens is 1. The van der Waals surface area contributed by atoms with Crippen LogP contribution in [0.4, 0.5) is 13.2 Å². The second kappa shape index (κ2) is 9.73. The number of alkyl halides is 3. The van der Waals surface area contributed by atoms with Crippen LogP contribution < -0.4 is 9.47 Å². The lowest BCUT2D eigenvalue weighted by Gasteiger charge is -2.19. The van der Waals surface area contributed by atoms with Gasteiger partial charge >= 0.3 is 12.3 Å². The smallest absolute Gasteiger partial charge is 0.492 e. The van der Waals surface area contributed by atoms with Crippen LogP contribution in [0, 0.1) is 5.41 Å². The minimum Gasteiger partial charge on any atom is -0.492 e. The standard InChI is InChI=1S/C26H22F3N3O4/c1-25(2,24(33)34)15-35-18-10-7-16(8-11-18)20-12-9-17(13-30-20)23-31-14-21(32-23)19-5-3-4-6-22(19)36-26(27,28)29/h3-14H,15H2,1-2H3,(H,31,32)(H,33,34). The van der Waals surface area contributed by atoms with Crippen molar-refractivity contribution >= 4 is 5.97 Å². The molecule has 4 aromatic rings. The van der Waals surface area contributed by atoms with Crippen molar-refractivity contribution in [3.05, 3.63) is 73.1 Å². The summed E-state index contributed by atoms with van der Waals surface area (Å²) in [6.07, 6.45) is -1.76. The van der Waals surface area contributed by atoms with Gasteiger partial charge in [-0.3, -0.25) is 9.78 Å². The van der Waals surface area contributed by atoms with Gasteiger partial charge in [0.1, 0.15) is 23.9 Å². The highest BCUT2D eigenvalue weighted by atomic mass is 19.4. The SMILES string of the molecule is CC(C)(COc1ccc(-c2ccc(-c3ncc(-c4ccccc4OC(F)(F)F)[nH]3)cn2)cc1)C(=O)O. The minimum atomic E-state index is -4.81. The van der Waals surface area contributed by atoms with E-state index in [4.69, 9.17) is 4.74 Å². The van der Waals surface area contributed by atoms with Gasteiger partial charge in [-0.15, -0.1) is 13.2 Å². The third kappa shape index (κ3) is 5.83. The van der Waals surface area contributed by atoms with Crippen LogP contribution in [0.15, 0.2) is 73.1 Å². The molecule has 2 N–H and O–H groups in total. The van der Waals surface area contributed by atoms with Gasteiger partial charge in [0.05, 0.1) is 23.0 Å². The van der Waals surface area contributed by atoms with E-state index in [0.717, 1.165) is 5.56 Å². The second-order valence-corrected chi connectivity index (χ2v) is 8.62. The number of halogens is 3. The van der Waals surface area contributed by atoms with Crippen LogP contribution >= 0.6 is 0 Å². The largest absolute Gasteiger partial charge is 0.573 e. The average molecular weight is 497 g/mol. The lowest BCUT2D eigenvalue weighted by Crippen LogP contribution is -2.30. The lowest BCUT2D eigenvalue weighted by molar-refractivity contribution is -0.274. The number of pyridine rings is 1. The summed E-state index contributed by atoms with van der Waals surface area (Å²) in [6, 6.07) is 16.5. The molecule has 2 aromatic heterocycles. The Morgan fingerprint density at radius 1 is 0.944 bits per heavy atom. The molecule has 0 bridgehead atoms. The van der Waals surface area contributed by atoms with E-state index in [2.05, 4.69) is 19.7 Å². The third-order valence-electron chi connectivity index (χ3n) is 5.34. The number of rotatable bonds is 8. The van der Waals surface area contributed by atoms with E-state index in [1.165, 1.54) is 24.4 Å². The first-order valence-corrected chi connectivity index (χ1v) is 10.8. The monoisotopic (exact) mass is 497 g/mol. The molecule has 0 saturated heterocycles. The van der Waals surface area contributed by atoms with Crippen molar-refractivity contribution in [1.29, 1.82) is 0 Å². The number of nitrogens with one attached hydrogen (secondary N) is 1. The maximum absolute atomic E-state index is 12.7. The number of carboxylic acids is 1. The van der Waals surface area contributed by atoms with Crippen molar-refractivity contribution in [2.45, 2.75) is 20.2 Å². The Bertz CT molecular complexity index is 1350. The minimum absolute atomic E-state index is 0.0343. The highest BCUT2D eigenvalue weighted by Crippen LogP contribution is 2.34. The molecule has 186 valence electrons. The average Bonchev–Trinajstić information content (AvgIpc) is 3.33. The number of carboxylic acid groups (broad SMARTS) is 1. The number of nitrogens with zero attached hydrogens (tertiary/aromatic N) is 2. The molecule has 0 aliphatic carbocycles. The van der Waals surface area contributed by atoms with Gasteiger partial charge in [0.25, 0.3) is 0 Å². The van der Waals surface area contributed by atoms with Gasteiger partial charge in [-0.1, -0.05) is 12.1 Å². The molecular formula is C26H22F3N3O4. The van der Waals surface area contributed by atoms with E-state index >= 15 is 0 Å². The first-order valence-electron chi connectivity index (χ1n) is 10.8. The molecule has 0 atom stereocenters. The van der Waals surface area contributed by atoms with Crippen molar-refractivity contribution in [3.63, 3.8) is 0 Å². The molecule has 0 aliphatic rings. The van der Waals surface area contributed by atoms with Crippen LogP contribution in [0.5, 0.6) is 11.5 Å². The van der Waals surface area contributed by atoms with Crippen LogP contribution in [0.3, 0.4) is 0 Å². The van der Waals surface area contributed by atoms with E-state index in [-0.39, 0.29) is 17.9 Å². The molecular weight excluding hydrogens is 475 g/mol. The van der Waals surface area contributed by atoms with Crippen LogP contribution in [0.1, 0.15) is 13.8 Å². The Hall–Kier alpha value is -4.34. The molecule has 0 radical (unpaired) electrons. The summed E-state index contributed by atoms with van der Waals surface area (Å²) >= 11 is 0. The quantitative estimate of drug-likeness (QED) is 0.301. The number of benzene rings is 2. The van der Waals surface area contributed by atoms with Crippen molar-refractivity contribution in [3.8, 4) is 45.4 Å². The van der Waals surface area contributed by atoms with Gasteiger partial charge in [-0.25, -0.2) is 4.98 Å². The number of hydrogen-bond donors (Lipinski definition) is 2. The van der Waals surface area contributed by atoms with E-state index in [0.29, 0.717) is 28.5 Å². The van der Waals surface area contributed by atoms with E-state index < -0.39 is 17.7 Å².